The summed E-state index contributed by atoms with van der Waals surface area (Å²) in [6, 6.07) is 9.14. The average Bonchev–Trinajstić information content (AvgIpc) is 2.53. The van der Waals surface area contributed by atoms with Crippen LogP contribution in [0, 0.1) is 12.3 Å². The van der Waals surface area contributed by atoms with Crippen LogP contribution in [0.4, 0.5) is 0 Å². The number of aryl methyl sites for hydroxylation is 1. The lowest BCUT2D eigenvalue weighted by Gasteiger charge is -2.54. The number of hydrogen-bond donors (Lipinski definition) is 1. The van der Waals surface area contributed by atoms with E-state index >= 15 is 0 Å². The van der Waals surface area contributed by atoms with E-state index in [2.05, 4.69) is 41.4 Å². The van der Waals surface area contributed by atoms with Crippen LogP contribution in [0.1, 0.15) is 36.8 Å². The van der Waals surface area contributed by atoms with E-state index < -0.39 is 0 Å². The van der Waals surface area contributed by atoms with E-state index in [-0.39, 0.29) is 12.5 Å². The number of nitrogens with one attached hydrogen (secondary N) is 1. The van der Waals surface area contributed by atoms with Gasteiger partial charge in [0, 0.05) is 19.7 Å². The first-order valence-corrected chi connectivity index (χ1v) is 8.67. The van der Waals surface area contributed by atoms with E-state index in [1.54, 1.807) is 7.11 Å². The molecule has 1 amide bonds. The van der Waals surface area contributed by atoms with E-state index in [1.807, 2.05) is 0 Å². The molecule has 1 aliphatic heterocycles. The van der Waals surface area contributed by atoms with Crippen molar-refractivity contribution in [1.82, 2.24) is 10.2 Å². The van der Waals surface area contributed by atoms with Crippen LogP contribution in [0.5, 0.6) is 0 Å². The molecule has 1 aromatic carbocycles. The molecule has 126 valence electrons. The molecule has 2 fully saturated rings. The second kappa shape index (κ2) is 7.02. The fraction of sp³-hybridized carbons (Fsp3) is 0.632. The third kappa shape index (κ3) is 3.75. The molecule has 0 aromatic heterocycles. The Hall–Kier alpha value is -1.39. The normalized spacial score (nSPS) is 23.5. The monoisotopic (exact) mass is 316 g/mol. The Kier molecular flexibility index (Phi) is 5.02. The summed E-state index contributed by atoms with van der Waals surface area (Å²) in [5.74, 6) is 0.0266. The quantitative estimate of drug-likeness (QED) is 0.907. The predicted octanol–water partition coefficient (Wildman–Crippen LogP) is 2.50. The molecule has 1 saturated carbocycles. The standard InChI is InChI=1S/C19H28N2O2/c1-15-4-3-5-16(12-15)13-21-10-8-19(9-11-21)7-6-17(19)20-18(22)14-23-2/h3-5,12,17H,6-11,13-14H2,1-2H3,(H,20,22). The van der Waals surface area contributed by atoms with Crippen molar-refractivity contribution in [3.63, 3.8) is 0 Å². The van der Waals surface area contributed by atoms with Crippen LogP contribution in [-0.2, 0) is 16.1 Å². The van der Waals surface area contributed by atoms with E-state index in [4.69, 9.17) is 4.74 Å². The van der Waals surface area contributed by atoms with Gasteiger partial charge in [-0.1, -0.05) is 29.8 Å². The molecule has 1 N–H and O–H groups in total. The molecule has 0 bridgehead atoms. The van der Waals surface area contributed by atoms with Crippen LogP contribution in [0.25, 0.3) is 0 Å². The fourth-order valence-electron chi connectivity index (χ4n) is 4.11. The summed E-state index contributed by atoms with van der Waals surface area (Å²) >= 11 is 0. The smallest absolute Gasteiger partial charge is 0.246 e. The lowest BCUT2D eigenvalue weighted by Crippen LogP contribution is -2.59. The number of nitrogens with zero attached hydrogens (tertiary/aromatic N) is 1. The van der Waals surface area contributed by atoms with Gasteiger partial charge in [-0.15, -0.1) is 0 Å². The Balaban J connectivity index is 1.51. The summed E-state index contributed by atoms with van der Waals surface area (Å²) in [7, 11) is 1.57. The van der Waals surface area contributed by atoms with Crippen molar-refractivity contribution in [3.05, 3.63) is 35.4 Å². The van der Waals surface area contributed by atoms with Crippen molar-refractivity contribution >= 4 is 5.91 Å². The van der Waals surface area contributed by atoms with Crippen molar-refractivity contribution < 1.29 is 9.53 Å². The van der Waals surface area contributed by atoms with Crippen LogP contribution >= 0.6 is 0 Å². The molecule has 1 aromatic rings. The highest BCUT2D eigenvalue weighted by molar-refractivity contribution is 5.77. The predicted molar refractivity (Wildman–Crippen MR) is 91.2 cm³/mol. The molecular formula is C19H28N2O2. The number of hydrogen-bond acceptors (Lipinski definition) is 3. The number of piperidine rings is 1. The van der Waals surface area contributed by atoms with Gasteiger partial charge in [-0.05, 0) is 56.7 Å². The lowest BCUT2D eigenvalue weighted by atomic mass is 9.59. The lowest BCUT2D eigenvalue weighted by molar-refractivity contribution is -0.129. The van der Waals surface area contributed by atoms with Crippen molar-refractivity contribution in [2.75, 3.05) is 26.8 Å². The van der Waals surface area contributed by atoms with E-state index in [9.17, 15) is 4.79 Å². The molecule has 4 nitrogen and oxygen atoms in total. The minimum Gasteiger partial charge on any atom is -0.375 e. The van der Waals surface area contributed by atoms with Crippen molar-refractivity contribution in [2.45, 2.75) is 45.2 Å². The number of rotatable bonds is 5. The SMILES string of the molecule is COCC(=O)NC1CCC12CCN(Cc1cccc(C)c1)CC2. The molecule has 1 atom stereocenters. The first-order valence-electron chi connectivity index (χ1n) is 8.67. The Bertz CT molecular complexity index is 550. The van der Waals surface area contributed by atoms with Crippen LogP contribution in [0.2, 0.25) is 0 Å². The van der Waals surface area contributed by atoms with Gasteiger partial charge < -0.3 is 10.1 Å². The summed E-state index contributed by atoms with van der Waals surface area (Å²) in [6.07, 6.45) is 4.75. The zero-order valence-corrected chi connectivity index (χ0v) is 14.3. The first-order chi connectivity index (χ1) is 11.1. The van der Waals surface area contributed by atoms with Crippen LogP contribution in [0.15, 0.2) is 24.3 Å². The maximum Gasteiger partial charge on any atom is 0.246 e. The largest absolute Gasteiger partial charge is 0.375 e. The van der Waals surface area contributed by atoms with Gasteiger partial charge in [0.05, 0.1) is 0 Å². The minimum atomic E-state index is 0.0266. The number of carbonyl (C=O) groups excluding carboxylic acids is 1. The Morgan fingerprint density at radius 2 is 2.13 bits per heavy atom. The molecule has 1 unspecified atom stereocenters. The van der Waals surface area contributed by atoms with Gasteiger partial charge in [0.2, 0.25) is 5.91 Å². The highest BCUT2D eigenvalue weighted by atomic mass is 16.5. The van der Waals surface area contributed by atoms with E-state index in [1.165, 1.54) is 30.4 Å². The third-order valence-corrected chi connectivity index (χ3v) is 5.62. The van der Waals surface area contributed by atoms with Crippen LogP contribution < -0.4 is 5.32 Å². The number of amides is 1. The maximum absolute atomic E-state index is 11.8. The second-order valence-electron chi connectivity index (χ2n) is 7.22. The van der Waals surface area contributed by atoms with Crippen LogP contribution in [0.3, 0.4) is 0 Å². The highest BCUT2D eigenvalue weighted by Gasteiger charge is 2.48. The third-order valence-electron chi connectivity index (χ3n) is 5.62. The summed E-state index contributed by atoms with van der Waals surface area (Å²) in [6.45, 7) is 5.62. The molecule has 1 aliphatic carbocycles. The Morgan fingerprint density at radius 3 is 2.74 bits per heavy atom. The number of benzene rings is 1. The maximum atomic E-state index is 11.8. The average molecular weight is 316 g/mol. The molecule has 1 saturated heterocycles. The summed E-state index contributed by atoms with van der Waals surface area (Å²) in [5, 5.41) is 3.17. The molecular weight excluding hydrogens is 288 g/mol. The number of methoxy groups -OCH3 is 1. The van der Waals surface area contributed by atoms with Gasteiger partial charge >= 0.3 is 0 Å². The second-order valence-corrected chi connectivity index (χ2v) is 7.22. The molecule has 4 heteroatoms. The topological polar surface area (TPSA) is 41.6 Å². The molecule has 2 aliphatic rings. The number of carbonyl (C=O) groups is 1. The number of likely N-dealkylation sites (tertiary alicyclic amines) is 1. The molecule has 0 radical (unpaired) electrons. The van der Waals surface area contributed by atoms with Gasteiger partial charge in [0.1, 0.15) is 6.61 Å². The number of ether oxygens (including phenoxy) is 1. The first kappa shape index (κ1) is 16.5. The van der Waals surface area contributed by atoms with Crippen molar-refractivity contribution in [1.29, 1.82) is 0 Å². The Morgan fingerprint density at radius 1 is 1.35 bits per heavy atom. The zero-order chi connectivity index (χ0) is 16.3. The molecule has 1 spiro atoms. The Labute approximate surface area is 139 Å². The molecule has 23 heavy (non-hydrogen) atoms. The molecule has 3 rings (SSSR count). The van der Waals surface area contributed by atoms with Crippen molar-refractivity contribution in [2.24, 2.45) is 5.41 Å². The minimum absolute atomic E-state index is 0.0266. The van der Waals surface area contributed by atoms with Gasteiger partial charge in [0.25, 0.3) is 0 Å². The van der Waals surface area contributed by atoms with E-state index in [0.29, 0.717) is 11.5 Å². The summed E-state index contributed by atoms with van der Waals surface area (Å²) in [5.41, 5.74) is 3.07. The van der Waals surface area contributed by atoms with Gasteiger partial charge in [-0.25, -0.2) is 0 Å². The van der Waals surface area contributed by atoms with E-state index in [0.717, 1.165) is 26.1 Å². The summed E-state index contributed by atoms with van der Waals surface area (Å²) in [4.78, 5) is 14.3. The molecule has 1 heterocycles. The van der Waals surface area contributed by atoms with Gasteiger partial charge in [-0.3, -0.25) is 9.69 Å². The van der Waals surface area contributed by atoms with Crippen LogP contribution in [-0.4, -0.2) is 43.7 Å². The zero-order valence-electron chi connectivity index (χ0n) is 14.3. The fourth-order valence-corrected chi connectivity index (χ4v) is 4.11. The van der Waals surface area contributed by atoms with Crippen molar-refractivity contribution in [3.8, 4) is 0 Å². The van der Waals surface area contributed by atoms with Gasteiger partial charge in [0.15, 0.2) is 0 Å². The summed E-state index contributed by atoms with van der Waals surface area (Å²) < 4.78 is 4.92. The van der Waals surface area contributed by atoms with Gasteiger partial charge in [-0.2, -0.15) is 0 Å². The highest BCUT2D eigenvalue weighted by Crippen LogP contribution is 2.49.